The molecular formula is C18H26O4. The predicted octanol–water partition coefficient (Wildman–Crippen LogP) is 3.74. The summed E-state index contributed by atoms with van der Waals surface area (Å²) in [5.74, 6) is 0.742. The summed E-state index contributed by atoms with van der Waals surface area (Å²) in [4.78, 5) is 0. The first kappa shape index (κ1) is 17.0. The number of hydrogen-bond acceptors (Lipinski definition) is 4. The van der Waals surface area contributed by atoms with E-state index in [2.05, 4.69) is 6.58 Å². The van der Waals surface area contributed by atoms with Crippen LogP contribution in [0.15, 0.2) is 30.8 Å². The van der Waals surface area contributed by atoms with Gasteiger partial charge in [-0.05, 0) is 37.5 Å². The van der Waals surface area contributed by atoms with E-state index in [1.807, 2.05) is 31.2 Å². The molecule has 0 aliphatic heterocycles. The van der Waals surface area contributed by atoms with Crippen molar-refractivity contribution in [3.63, 3.8) is 0 Å². The minimum atomic E-state index is -0.986. The van der Waals surface area contributed by atoms with Gasteiger partial charge in [0.25, 0.3) is 0 Å². The van der Waals surface area contributed by atoms with Crippen molar-refractivity contribution in [1.82, 2.24) is 0 Å². The second-order valence-corrected chi connectivity index (χ2v) is 5.72. The molecule has 2 rings (SSSR count). The predicted molar refractivity (Wildman–Crippen MR) is 86.5 cm³/mol. The molecule has 1 aromatic carbocycles. The molecule has 122 valence electrons. The van der Waals surface area contributed by atoms with Crippen molar-refractivity contribution in [2.24, 2.45) is 0 Å². The molecule has 2 atom stereocenters. The normalized spacial score (nSPS) is 18.7. The fourth-order valence-corrected chi connectivity index (χ4v) is 2.72. The largest absolute Gasteiger partial charge is 0.465 e. The van der Waals surface area contributed by atoms with Crippen LogP contribution >= 0.6 is 0 Å². The molecular weight excluding hydrogens is 280 g/mol. The number of ether oxygens (including phenoxy) is 3. The summed E-state index contributed by atoms with van der Waals surface area (Å²) in [7, 11) is 1.44. The minimum Gasteiger partial charge on any atom is -0.465 e. The van der Waals surface area contributed by atoms with Crippen LogP contribution in [0.1, 0.15) is 44.6 Å². The second-order valence-electron chi connectivity index (χ2n) is 5.72. The Balaban J connectivity index is 1.86. The van der Waals surface area contributed by atoms with Crippen molar-refractivity contribution in [3.8, 4) is 5.75 Å². The summed E-state index contributed by atoms with van der Waals surface area (Å²) in [5, 5.41) is 9.60. The summed E-state index contributed by atoms with van der Waals surface area (Å²) in [6.07, 6.45) is 5.13. The fraction of sp³-hybridized carbons (Fsp3) is 0.556. The van der Waals surface area contributed by atoms with Crippen LogP contribution < -0.4 is 4.74 Å². The third-order valence-electron chi connectivity index (χ3n) is 3.98. The highest BCUT2D eigenvalue weighted by atomic mass is 16.7. The van der Waals surface area contributed by atoms with E-state index < -0.39 is 6.29 Å². The average molecular weight is 306 g/mol. The highest BCUT2D eigenvalue weighted by Gasteiger charge is 2.17. The van der Waals surface area contributed by atoms with Gasteiger partial charge in [-0.15, -0.1) is 0 Å². The van der Waals surface area contributed by atoms with E-state index in [1.165, 1.54) is 26.4 Å². The standard InChI is InChI=1S/C18H26O4/c1-13(18(19)20-3)15-9-11-17(12-10-15)22-14(2)21-16-7-5-4-6-8-16/h9-12,14,16,18-19H,1,4-8H2,2-3H3. The van der Waals surface area contributed by atoms with Gasteiger partial charge in [-0.1, -0.05) is 38.0 Å². The van der Waals surface area contributed by atoms with Crippen molar-refractivity contribution >= 4 is 5.57 Å². The number of benzene rings is 1. The molecule has 0 amide bonds. The van der Waals surface area contributed by atoms with E-state index >= 15 is 0 Å². The third-order valence-corrected chi connectivity index (χ3v) is 3.98. The zero-order valence-corrected chi connectivity index (χ0v) is 13.5. The lowest BCUT2D eigenvalue weighted by atomic mass is 9.98. The zero-order chi connectivity index (χ0) is 15.9. The SMILES string of the molecule is C=C(c1ccc(OC(C)OC2CCCCC2)cc1)C(O)OC. The first-order valence-electron chi connectivity index (χ1n) is 7.92. The fourth-order valence-electron chi connectivity index (χ4n) is 2.72. The Hall–Kier alpha value is -1.36. The molecule has 1 aliphatic rings. The lowest BCUT2D eigenvalue weighted by Gasteiger charge is -2.26. The molecule has 0 saturated heterocycles. The van der Waals surface area contributed by atoms with Crippen molar-refractivity contribution in [2.75, 3.05) is 7.11 Å². The summed E-state index contributed by atoms with van der Waals surface area (Å²) in [6, 6.07) is 7.41. The topological polar surface area (TPSA) is 47.9 Å². The van der Waals surface area contributed by atoms with Crippen LogP contribution in [0.3, 0.4) is 0 Å². The molecule has 1 saturated carbocycles. The van der Waals surface area contributed by atoms with Gasteiger partial charge in [0.15, 0.2) is 12.6 Å². The summed E-state index contributed by atoms with van der Waals surface area (Å²) >= 11 is 0. The maximum absolute atomic E-state index is 9.60. The molecule has 22 heavy (non-hydrogen) atoms. The molecule has 0 spiro atoms. The maximum atomic E-state index is 9.60. The van der Waals surface area contributed by atoms with Crippen LogP contribution in [0.2, 0.25) is 0 Å². The van der Waals surface area contributed by atoms with Gasteiger partial charge in [0.2, 0.25) is 0 Å². The number of rotatable bonds is 7. The van der Waals surface area contributed by atoms with E-state index in [9.17, 15) is 5.11 Å². The molecule has 2 unspecified atom stereocenters. The minimum absolute atomic E-state index is 0.262. The number of aliphatic hydroxyl groups is 1. The number of hydrogen-bond donors (Lipinski definition) is 1. The molecule has 1 N–H and O–H groups in total. The Morgan fingerprint density at radius 2 is 1.82 bits per heavy atom. The van der Waals surface area contributed by atoms with Crippen molar-refractivity contribution < 1.29 is 19.3 Å². The van der Waals surface area contributed by atoms with Crippen molar-refractivity contribution in [1.29, 1.82) is 0 Å². The number of methoxy groups -OCH3 is 1. The van der Waals surface area contributed by atoms with Crippen LogP contribution in [0.4, 0.5) is 0 Å². The Bertz CT molecular complexity index is 462. The van der Waals surface area contributed by atoms with E-state index in [-0.39, 0.29) is 6.29 Å². The number of aliphatic hydroxyl groups excluding tert-OH is 1. The van der Waals surface area contributed by atoms with Gasteiger partial charge in [-0.25, -0.2) is 0 Å². The summed E-state index contributed by atoms with van der Waals surface area (Å²) in [6.45, 7) is 5.75. The smallest absolute Gasteiger partial charge is 0.197 e. The second kappa shape index (κ2) is 8.32. The van der Waals surface area contributed by atoms with Crippen LogP contribution in [0.25, 0.3) is 5.57 Å². The van der Waals surface area contributed by atoms with Gasteiger partial charge in [-0.2, -0.15) is 0 Å². The van der Waals surface area contributed by atoms with E-state index in [4.69, 9.17) is 14.2 Å². The van der Waals surface area contributed by atoms with Gasteiger partial charge < -0.3 is 19.3 Å². The Morgan fingerprint density at radius 3 is 2.41 bits per heavy atom. The highest BCUT2D eigenvalue weighted by Crippen LogP contribution is 2.24. The average Bonchev–Trinajstić information content (AvgIpc) is 2.55. The molecule has 4 nitrogen and oxygen atoms in total. The molecule has 4 heteroatoms. The van der Waals surface area contributed by atoms with Crippen LogP contribution in [-0.4, -0.2) is 30.9 Å². The first-order valence-corrected chi connectivity index (χ1v) is 7.92. The van der Waals surface area contributed by atoms with E-state index in [1.54, 1.807) is 0 Å². The van der Waals surface area contributed by atoms with Crippen molar-refractivity contribution in [2.45, 2.75) is 57.7 Å². The van der Waals surface area contributed by atoms with Crippen LogP contribution in [0.5, 0.6) is 5.75 Å². The van der Waals surface area contributed by atoms with Crippen molar-refractivity contribution in [3.05, 3.63) is 36.4 Å². The molecule has 1 fully saturated rings. The lowest BCUT2D eigenvalue weighted by molar-refractivity contribution is -0.116. The molecule has 0 radical (unpaired) electrons. The molecule has 1 aliphatic carbocycles. The van der Waals surface area contributed by atoms with Gasteiger partial charge in [-0.3, -0.25) is 0 Å². The Kier molecular flexibility index (Phi) is 6.43. The van der Waals surface area contributed by atoms with Gasteiger partial charge in [0, 0.05) is 12.7 Å². The molecule has 0 bridgehead atoms. The molecule has 0 aromatic heterocycles. The Morgan fingerprint density at radius 1 is 1.18 bits per heavy atom. The van der Waals surface area contributed by atoms with E-state index in [0.29, 0.717) is 11.7 Å². The maximum Gasteiger partial charge on any atom is 0.197 e. The summed E-state index contributed by atoms with van der Waals surface area (Å²) in [5.41, 5.74) is 1.35. The van der Waals surface area contributed by atoms with Crippen LogP contribution in [0, 0.1) is 0 Å². The monoisotopic (exact) mass is 306 g/mol. The summed E-state index contributed by atoms with van der Waals surface area (Å²) < 4.78 is 16.6. The van der Waals surface area contributed by atoms with Gasteiger partial charge in [0.05, 0.1) is 6.10 Å². The van der Waals surface area contributed by atoms with E-state index in [0.717, 1.165) is 24.2 Å². The first-order chi connectivity index (χ1) is 10.6. The third kappa shape index (κ3) is 4.83. The quantitative estimate of drug-likeness (QED) is 0.780. The van der Waals surface area contributed by atoms with Gasteiger partial charge in [0.1, 0.15) is 5.75 Å². The molecule has 1 aromatic rings. The lowest BCUT2D eigenvalue weighted by Crippen LogP contribution is -2.26. The van der Waals surface area contributed by atoms with Crippen LogP contribution in [-0.2, 0) is 9.47 Å². The highest BCUT2D eigenvalue weighted by molar-refractivity contribution is 5.65. The molecule has 0 heterocycles. The Labute approximate surface area is 132 Å². The van der Waals surface area contributed by atoms with Gasteiger partial charge >= 0.3 is 0 Å². The zero-order valence-electron chi connectivity index (χ0n) is 13.5.